The Morgan fingerprint density at radius 3 is 2.67 bits per heavy atom. The Kier molecular flexibility index (Phi) is 7.29. The molecule has 5 nitrogen and oxygen atoms in total. The average Bonchev–Trinajstić information content (AvgIpc) is 2.50. The van der Waals surface area contributed by atoms with Gasteiger partial charge in [-0.1, -0.05) is 13.0 Å². The molecule has 0 heterocycles. The third-order valence-corrected chi connectivity index (χ3v) is 3.09. The molecule has 0 aliphatic rings. The molecule has 0 spiro atoms. The summed E-state index contributed by atoms with van der Waals surface area (Å²) in [4.78, 5) is 22.6. The van der Waals surface area contributed by atoms with Crippen LogP contribution < -0.4 is 9.47 Å². The van der Waals surface area contributed by atoms with E-state index in [0.717, 1.165) is 6.29 Å². The molecule has 0 fully saturated rings. The van der Waals surface area contributed by atoms with Crippen LogP contribution in [-0.4, -0.2) is 32.6 Å². The lowest BCUT2D eigenvalue weighted by molar-refractivity contribution is -0.147. The molecule has 1 aromatic rings. The molecular formula is C16H22O5. The molecule has 1 rings (SSSR count). The molecular weight excluding hydrogens is 272 g/mol. The highest BCUT2D eigenvalue weighted by atomic mass is 16.5. The van der Waals surface area contributed by atoms with Gasteiger partial charge in [-0.15, -0.1) is 0 Å². The highest BCUT2D eigenvalue weighted by Gasteiger charge is 2.14. The van der Waals surface area contributed by atoms with Gasteiger partial charge in [0, 0.05) is 0 Å². The van der Waals surface area contributed by atoms with Crippen molar-refractivity contribution in [2.75, 3.05) is 20.3 Å². The van der Waals surface area contributed by atoms with Crippen LogP contribution in [0.5, 0.6) is 11.5 Å². The van der Waals surface area contributed by atoms with Crippen LogP contribution in [0.2, 0.25) is 0 Å². The molecule has 0 radical (unpaired) electrons. The van der Waals surface area contributed by atoms with Gasteiger partial charge in [-0.2, -0.15) is 0 Å². The lowest BCUT2D eigenvalue weighted by Gasteiger charge is -2.13. The predicted molar refractivity (Wildman–Crippen MR) is 78.9 cm³/mol. The fourth-order valence-electron chi connectivity index (χ4n) is 1.92. The van der Waals surface area contributed by atoms with Crippen LogP contribution in [0.15, 0.2) is 18.2 Å². The highest BCUT2D eigenvalue weighted by molar-refractivity contribution is 5.83. The maximum Gasteiger partial charge on any atom is 0.308 e. The summed E-state index contributed by atoms with van der Waals surface area (Å²) in [5.74, 6) is 0.646. The predicted octanol–water partition coefficient (Wildman–Crippen LogP) is 2.87. The van der Waals surface area contributed by atoms with Gasteiger partial charge in [0.25, 0.3) is 0 Å². The molecule has 1 atom stereocenters. The summed E-state index contributed by atoms with van der Waals surface area (Å²) in [6.45, 7) is 4.45. The van der Waals surface area contributed by atoms with E-state index in [1.807, 2.05) is 6.92 Å². The SMILES string of the molecule is CCOC(=O)C(C)CCCOc1cccc(OC)c1C=O. The van der Waals surface area contributed by atoms with E-state index in [1.165, 1.54) is 7.11 Å². The van der Waals surface area contributed by atoms with E-state index in [4.69, 9.17) is 14.2 Å². The van der Waals surface area contributed by atoms with Crippen molar-refractivity contribution >= 4 is 12.3 Å². The second-order valence-corrected chi connectivity index (χ2v) is 4.63. The van der Waals surface area contributed by atoms with Crippen molar-refractivity contribution in [2.24, 2.45) is 5.92 Å². The van der Waals surface area contributed by atoms with E-state index in [1.54, 1.807) is 25.1 Å². The summed E-state index contributed by atoms with van der Waals surface area (Å²) >= 11 is 0. The number of carbonyl (C=O) groups excluding carboxylic acids is 2. The molecule has 21 heavy (non-hydrogen) atoms. The van der Waals surface area contributed by atoms with Gasteiger partial charge in [-0.25, -0.2) is 0 Å². The van der Waals surface area contributed by atoms with Gasteiger partial charge >= 0.3 is 5.97 Å². The minimum absolute atomic E-state index is 0.149. The number of esters is 1. The molecule has 0 saturated heterocycles. The van der Waals surface area contributed by atoms with Gasteiger partial charge in [0.15, 0.2) is 6.29 Å². The number of methoxy groups -OCH3 is 1. The van der Waals surface area contributed by atoms with Gasteiger partial charge in [0.05, 0.1) is 31.8 Å². The van der Waals surface area contributed by atoms with Crippen molar-refractivity contribution < 1.29 is 23.8 Å². The third-order valence-electron chi connectivity index (χ3n) is 3.09. The molecule has 0 bridgehead atoms. The zero-order valence-electron chi connectivity index (χ0n) is 12.8. The quantitative estimate of drug-likeness (QED) is 0.398. The number of aldehydes is 1. The van der Waals surface area contributed by atoms with Gasteiger partial charge in [0.1, 0.15) is 11.5 Å². The van der Waals surface area contributed by atoms with E-state index in [2.05, 4.69) is 0 Å². The largest absolute Gasteiger partial charge is 0.496 e. The van der Waals surface area contributed by atoms with E-state index in [0.29, 0.717) is 43.1 Å². The Balaban J connectivity index is 2.46. The second-order valence-electron chi connectivity index (χ2n) is 4.63. The Labute approximate surface area is 125 Å². The Hall–Kier alpha value is -2.04. The number of benzene rings is 1. The van der Waals surface area contributed by atoms with Gasteiger partial charge in [0.2, 0.25) is 0 Å². The van der Waals surface area contributed by atoms with Crippen LogP contribution >= 0.6 is 0 Å². The molecule has 1 aromatic carbocycles. The fourth-order valence-corrected chi connectivity index (χ4v) is 1.92. The number of hydrogen-bond acceptors (Lipinski definition) is 5. The van der Waals surface area contributed by atoms with Crippen molar-refractivity contribution in [3.8, 4) is 11.5 Å². The summed E-state index contributed by atoms with van der Waals surface area (Å²) < 4.78 is 15.6. The standard InChI is InChI=1S/C16H22O5/c1-4-20-16(18)12(2)7-6-10-21-15-9-5-8-14(19-3)13(15)11-17/h5,8-9,11-12H,4,6-7,10H2,1-3H3. The summed E-state index contributed by atoms with van der Waals surface area (Å²) in [6, 6.07) is 5.20. The van der Waals surface area contributed by atoms with Crippen LogP contribution in [0.3, 0.4) is 0 Å². The summed E-state index contributed by atoms with van der Waals surface area (Å²) in [6.07, 6.45) is 2.10. The molecule has 0 amide bonds. The molecule has 5 heteroatoms. The maximum absolute atomic E-state index is 11.5. The van der Waals surface area contributed by atoms with Crippen molar-refractivity contribution in [3.63, 3.8) is 0 Å². The first-order valence-corrected chi connectivity index (χ1v) is 7.05. The molecule has 0 aliphatic carbocycles. The fraction of sp³-hybridized carbons (Fsp3) is 0.500. The first-order chi connectivity index (χ1) is 10.1. The Morgan fingerprint density at radius 2 is 2.05 bits per heavy atom. The van der Waals surface area contributed by atoms with Crippen LogP contribution in [0.4, 0.5) is 0 Å². The van der Waals surface area contributed by atoms with Crippen LogP contribution in [0.1, 0.15) is 37.0 Å². The average molecular weight is 294 g/mol. The molecule has 0 aromatic heterocycles. The van der Waals surface area contributed by atoms with E-state index in [-0.39, 0.29) is 11.9 Å². The van der Waals surface area contributed by atoms with Crippen molar-refractivity contribution in [3.05, 3.63) is 23.8 Å². The molecule has 0 saturated carbocycles. The van der Waals surface area contributed by atoms with E-state index >= 15 is 0 Å². The molecule has 0 N–H and O–H groups in total. The topological polar surface area (TPSA) is 61.8 Å². The van der Waals surface area contributed by atoms with Crippen LogP contribution in [0.25, 0.3) is 0 Å². The van der Waals surface area contributed by atoms with E-state index < -0.39 is 0 Å². The number of hydrogen-bond donors (Lipinski definition) is 0. The van der Waals surface area contributed by atoms with Crippen LogP contribution in [-0.2, 0) is 9.53 Å². The third kappa shape index (κ3) is 5.10. The lowest BCUT2D eigenvalue weighted by atomic mass is 10.1. The monoisotopic (exact) mass is 294 g/mol. The number of carbonyl (C=O) groups is 2. The number of ether oxygens (including phenoxy) is 3. The summed E-state index contributed by atoms with van der Waals surface area (Å²) in [5, 5.41) is 0. The normalized spacial score (nSPS) is 11.6. The minimum Gasteiger partial charge on any atom is -0.496 e. The molecule has 116 valence electrons. The van der Waals surface area contributed by atoms with Crippen LogP contribution in [0, 0.1) is 5.92 Å². The van der Waals surface area contributed by atoms with Crippen molar-refractivity contribution in [2.45, 2.75) is 26.7 Å². The van der Waals surface area contributed by atoms with Crippen molar-refractivity contribution in [1.82, 2.24) is 0 Å². The lowest BCUT2D eigenvalue weighted by Crippen LogP contribution is -2.15. The zero-order chi connectivity index (χ0) is 15.7. The smallest absolute Gasteiger partial charge is 0.308 e. The van der Waals surface area contributed by atoms with Gasteiger partial charge in [-0.05, 0) is 31.9 Å². The van der Waals surface area contributed by atoms with Gasteiger partial charge < -0.3 is 14.2 Å². The highest BCUT2D eigenvalue weighted by Crippen LogP contribution is 2.26. The minimum atomic E-state index is -0.188. The maximum atomic E-state index is 11.5. The van der Waals surface area contributed by atoms with Gasteiger partial charge in [-0.3, -0.25) is 9.59 Å². The Bertz CT molecular complexity index is 470. The molecule has 0 aliphatic heterocycles. The first kappa shape index (κ1) is 17.0. The van der Waals surface area contributed by atoms with Crippen molar-refractivity contribution in [1.29, 1.82) is 0 Å². The second kappa shape index (κ2) is 9.00. The van der Waals surface area contributed by atoms with E-state index in [9.17, 15) is 9.59 Å². The zero-order valence-corrected chi connectivity index (χ0v) is 12.8. The number of rotatable bonds is 9. The Morgan fingerprint density at radius 1 is 1.33 bits per heavy atom. The first-order valence-electron chi connectivity index (χ1n) is 7.05. The summed E-state index contributed by atoms with van der Waals surface area (Å²) in [7, 11) is 1.51. The summed E-state index contributed by atoms with van der Waals surface area (Å²) in [5.41, 5.74) is 0.401. The molecule has 1 unspecified atom stereocenters.